The number of pyridine rings is 4. The molecule has 3 aromatic rings. The van der Waals surface area contributed by atoms with E-state index < -0.39 is 0 Å². The third-order valence-electron chi connectivity index (χ3n) is 7.01. The number of aromatic amines is 1. The van der Waals surface area contributed by atoms with Gasteiger partial charge < -0.3 is 10.3 Å². The highest BCUT2D eigenvalue weighted by Gasteiger charge is 2.30. The summed E-state index contributed by atoms with van der Waals surface area (Å²) in [5.74, 6) is 4.08. The maximum absolute atomic E-state index is 4.91. The molecule has 0 spiro atoms. The molecule has 9 heterocycles. The molecule has 40 heavy (non-hydrogen) atoms. The second kappa shape index (κ2) is 7.74. The van der Waals surface area contributed by atoms with Crippen molar-refractivity contribution in [1.29, 1.82) is 0 Å². The van der Waals surface area contributed by atoms with E-state index >= 15 is 0 Å². The minimum atomic E-state index is 0.462. The highest BCUT2D eigenvalue weighted by molar-refractivity contribution is 6.33. The molecule has 186 valence electrons. The second-order valence-electron chi connectivity index (χ2n) is 9.28. The van der Waals surface area contributed by atoms with Crippen LogP contribution in [0.15, 0.2) is 104 Å². The molecule has 2 N–H and O–H groups in total. The first-order valence-corrected chi connectivity index (χ1v) is 12.4. The maximum Gasteiger partial charge on any atom is 0.166 e. The van der Waals surface area contributed by atoms with Gasteiger partial charge in [-0.25, -0.2) is 34.9 Å². The molecule has 0 fully saturated rings. The molecule has 0 amide bonds. The van der Waals surface area contributed by atoms with Crippen LogP contribution in [0.25, 0.3) is 11.1 Å². The minimum absolute atomic E-state index is 0.462. The number of aromatic nitrogens is 5. The van der Waals surface area contributed by atoms with Crippen molar-refractivity contribution < 1.29 is 0 Å². The van der Waals surface area contributed by atoms with Gasteiger partial charge in [-0.3, -0.25) is 15.0 Å². The van der Waals surface area contributed by atoms with E-state index in [2.05, 4.69) is 25.3 Å². The number of nitrogens with one attached hydrogen (secondary N) is 2. The fourth-order valence-corrected chi connectivity index (χ4v) is 5.14. The third kappa shape index (κ3) is 2.95. The van der Waals surface area contributed by atoms with Gasteiger partial charge in [-0.1, -0.05) is 0 Å². The van der Waals surface area contributed by atoms with Crippen LogP contribution < -0.4 is 5.32 Å². The Labute approximate surface area is 225 Å². The summed E-state index contributed by atoms with van der Waals surface area (Å²) in [6.07, 6.45) is 14.1. The quantitative estimate of drug-likeness (QED) is 0.322. The van der Waals surface area contributed by atoms with Crippen molar-refractivity contribution in [3.8, 4) is 11.1 Å². The maximum atomic E-state index is 4.91. The predicted octanol–water partition coefficient (Wildman–Crippen LogP) is 3.38. The molecule has 12 nitrogen and oxygen atoms in total. The van der Waals surface area contributed by atoms with Crippen molar-refractivity contribution in [1.82, 2.24) is 24.9 Å². The fraction of sp³-hybridized carbons (Fsp3) is 0. The van der Waals surface area contributed by atoms with Crippen LogP contribution in [0.2, 0.25) is 0 Å². The zero-order valence-electron chi connectivity index (χ0n) is 20.4. The molecular formula is C28H14N12. The Morgan fingerprint density at radius 1 is 0.475 bits per heavy atom. The number of rotatable bonds is 0. The van der Waals surface area contributed by atoms with Crippen LogP contribution in [0.5, 0.6) is 0 Å². The molecule has 12 heteroatoms. The van der Waals surface area contributed by atoms with E-state index in [9.17, 15) is 0 Å². The van der Waals surface area contributed by atoms with Crippen molar-refractivity contribution in [2.24, 2.45) is 30.0 Å². The molecule has 0 radical (unpaired) electrons. The second-order valence-corrected chi connectivity index (χ2v) is 9.28. The number of hydrogen-bond acceptors (Lipinski definition) is 11. The van der Waals surface area contributed by atoms with Crippen LogP contribution in [0.4, 0.5) is 11.6 Å². The van der Waals surface area contributed by atoms with Crippen LogP contribution in [-0.2, 0) is 0 Å². The summed E-state index contributed by atoms with van der Waals surface area (Å²) in [7, 11) is 0. The van der Waals surface area contributed by atoms with Crippen molar-refractivity contribution >= 4 is 46.6 Å². The Morgan fingerprint density at radius 2 is 1.02 bits per heavy atom. The van der Waals surface area contributed by atoms with Gasteiger partial charge in [0.05, 0.1) is 0 Å². The highest BCUT2D eigenvalue weighted by Crippen LogP contribution is 2.39. The Kier molecular flexibility index (Phi) is 4.05. The Morgan fingerprint density at radius 3 is 1.70 bits per heavy atom. The van der Waals surface area contributed by atoms with E-state index in [1.807, 2.05) is 36.7 Å². The SMILES string of the molecule is c1cc2c(cn1)C1=NC2=Nc2nc(c3c[nH]ccc2-3)NC2=NC(=NC3=NC(=N1)c1ccncc13)c1ccncc12. The number of hydrogen-bond donors (Lipinski definition) is 2. The van der Waals surface area contributed by atoms with Crippen molar-refractivity contribution in [2.75, 3.05) is 5.32 Å². The van der Waals surface area contributed by atoms with Crippen LogP contribution in [0, 0.1) is 0 Å². The number of nitrogens with zero attached hydrogens (tertiary/aromatic N) is 10. The van der Waals surface area contributed by atoms with E-state index in [4.69, 9.17) is 34.9 Å². The highest BCUT2D eigenvalue weighted by atomic mass is 15.2. The molecule has 6 aliphatic rings. The fourth-order valence-electron chi connectivity index (χ4n) is 5.14. The van der Waals surface area contributed by atoms with E-state index in [0.717, 1.165) is 44.5 Å². The molecule has 0 saturated carbocycles. The normalized spacial score (nSPS) is 16.1. The van der Waals surface area contributed by atoms with Gasteiger partial charge in [-0.05, 0) is 24.3 Å². The lowest BCUT2D eigenvalue weighted by molar-refractivity contribution is 1.30. The Balaban J connectivity index is 1.35. The molecule has 3 aromatic heterocycles. The topological polar surface area (TPSA) is 154 Å². The summed E-state index contributed by atoms with van der Waals surface area (Å²) in [4.78, 5) is 50.1. The lowest BCUT2D eigenvalue weighted by Crippen LogP contribution is -2.12. The molecule has 0 aliphatic carbocycles. The first kappa shape index (κ1) is 21.0. The van der Waals surface area contributed by atoms with E-state index in [-0.39, 0.29) is 0 Å². The van der Waals surface area contributed by atoms with Crippen LogP contribution in [0.3, 0.4) is 0 Å². The molecule has 0 atom stereocenters. The monoisotopic (exact) mass is 518 g/mol. The molecule has 9 rings (SSSR count). The number of aliphatic imine (C=N–C) groups is 6. The van der Waals surface area contributed by atoms with Crippen LogP contribution in [-0.4, -0.2) is 59.9 Å². The smallest absolute Gasteiger partial charge is 0.166 e. The van der Waals surface area contributed by atoms with Gasteiger partial charge in [0.15, 0.2) is 35.0 Å². The summed E-state index contributed by atoms with van der Waals surface area (Å²) < 4.78 is 0. The standard InChI is InChI=1S/C28H14N12/c1-5-29-9-17-13(1)21-33-22-14-2-6-31-11-19(14)27(35-22)40-28-20-12-32-8-4-16(20)24(39-28)38-26-18-10-30-7-3-15(18)23(37-26)36-25(17)34-21/h1-12,31H,(H,33,34,35,36,37,38,39,40). The van der Waals surface area contributed by atoms with Crippen molar-refractivity contribution in [3.05, 3.63) is 107 Å². The van der Waals surface area contributed by atoms with Crippen molar-refractivity contribution in [3.63, 3.8) is 0 Å². The van der Waals surface area contributed by atoms with E-state index in [1.54, 1.807) is 37.2 Å². The van der Waals surface area contributed by atoms with Gasteiger partial charge in [-0.2, -0.15) is 0 Å². The first-order chi connectivity index (χ1) is 19.8. The van der Waals surface area contributed by atoms with Gasteiger partial charge in [-0.15, -0.1) is 0 Å². The predicted molar refractivity (Wildman–Crippen MR) is 150 cm³/mol. The van der Waals surface area contributed by atoms with Gasteiger partial charge in [0, 0.05) is 94.1 Å². The summed E-state index contributed by atoms with van der Waals surface area (Å²) in [5, 5.41) is 3.40. The van der Waals surface area contributed by atoms with Gasteiger partial charge in [0.2, 0.25) is 0 Å². The van der Waals surface area contributed by atoms with Crippen LogP contribution in [0.1, 0.15) is 33.4 Å². The first-order valence-electron chi connectivity index (χ1n) is 12.4. The molecule has 6 aliphatic heterocycles. The molecule has 0 saturated heterocycles. The summed E-state index contributed by atoms with van der Waals surface area (Å²) in [6.45, 7) is 0. The minimum Gasteiger partial charge on any atom is -0.367 e. The number of H-pyrrole nitrogens is 1. The third-order valence-corrected chi connectivity index (χ3v) is 7.01. The van der Waals surface area contributed by atoms with Crippen LogP contribution >= 0.6 is 0 Å². The average Bonchev–Trinajstić information content (AvgIpc) is 3.73. The summed E-state index contributed by atoms with van der Waals surface area (Å²) in [5.41, 5.74) is 6.47. The summed E-state index contributed by atoms with van der Waals surface area (Å²) >= 11 is 0. The average molecular weight is 519 g/mol. The summed E-state index contributed by atoms with van der Waals surface area (Å²) in [6, 6.07) is 7.57. The van der Waals surface area contributed by atoms with E-state index in [1.165, 1.54) is 0 Å². The van der Waals surface area contributed by atoms with Gasteiger partial charge >= 0.3 is 0 Å². The Hall–Kier alpha value is -6.04. The number of fused-ring (bicyclic) bond motifs is 17. The lowest BCUT2D eigenvalue weighted by Gasteiger charge is -2.06. The zero-order valence-corrected chi connectivity index (χ0v) is 20.4. The molecule has 0 aromatic carbocycles. The number of anilines is 1. The molecule has 8 bridgehead atoms. The van der Waals surface area contributed by atoms with E-state index in [0.29, 0.717) is 46.6 Å². The Bertz CT molecular complexity index is 2090. The van der Waals surface area contributed by atoms with Crippen molar-refractivity contribution in [2.45, 2.75) is 0 Å². The zero-order chi connectivity index (χ0) is 26.2. The molecular weight excluding hydrogens is 504 g/mol. The largest absolute Gasteiger partial charge is 0.367 e. The van der Waals surface area contributed by atoms with Gasteiger partial charge in [0.25, 0.3) is 0 Å². The van der Waals surface area contributed by atoms with Gasteiger partial charge in [0.1, 0.15) is 11.7 Å². The molecule has 0 unspecified atom stereocenters. The number of amidine groups is 6. The lowest BCUT2D eigenvalue weighted by atomic mass is 10.1.